The molecule has 0 atom stereocenters. The van der Waals surface area contributed by atoms with Gasteiger partial charge in [0.25, 0.3) is 0 Å². The molecule has 170 valence electrons. The van der Waals surface area contributed by atoms with Crippen LogP contribution in [-0.2, 0) is 24.0 Å². The van der Waals surface area contributed by atoms with E-state index in [1.165, 1.54) is 23.5 Å². The number of nitrogens with zero attached hydrogens (tertiary/aromatic N) is 1. The van der Waals surface area contributed by atoms with Crippen molar-refractivity contribution in [3.8, 4) is 16.3 Å². The van der Waals surface area contributed by atoms with E-state index in [4.69, 9.17) is 9.84 Å². The molecule has 0 saturated heterocycles. The third-order valence-electron chi connectivity index (χ3n) is 4.95. The highest BCUT2D eigenvalue weighted by Crippen LogP contribution is 2.34. The van der Waals surface area contributed by atoms with E-state index >= 15 is 0 Å². The van der Waals surface area contributed by atoms with Crippen LogP contribution in [0.2, 0.25) is 0 Å². The first-order chi connectivity index (χ1) is 15.7. The van der Waals surface area contributed by atoms with Crippen molar-refractivity contribution >= 4 is 43.5 Å². The van der Waals surface area contributed by atoms with Crippen LogP contribution in [0.5, 0.6) is 5.75 Å². The number of rotatable bonds is 7. The fourth-order valence-corrected chi connectivity index (χ4v) is 4.80. The number of carboxylic acid groups (broad SMARTS) is 1. The van der Waals surface area contributed by atoms with Gasteiger partial charge in [-0.05, 0) is 53.9 Å². The molecule has 0 unspecified atom stereocenters. The molecule has 4 rings (SSSR count). The van der Waals surface area contributed by atoms with Gasteiger partial charge in [0, 0.05) is 16.5 Å². The van der Waals surface area contributed by atoms with Crippen molar-refractivity contribution in [2.45, 2.75) is 25.6 Å². The number of aromatic nitrogens is 1. The van der Waals surface area contributed by atoms with E-state index in [2.05, 4.69) is 20.9 Å². The Balaban J connectivity index is 1.45. The van der Waals surface area contributed by atoms with Crippen molar-refractivity contribution in [2.24, 2.45) is 0 Å². The van der Waals surface area contributed by atoms with Crippen molar-refractivity contribution in [1.29, 1.82) is 0 Å². The fraction of sp³-hybridized carbons (Fsp3) is 0.167. The molecule has 0 bridgehead atoms. The molecule has 0 radical (unpaired) electrons. The average Bonchev–Trinajstić information content (AvgIpc) is 3.20. The van der Waals surface area contributed by atoms with Gasteiger partial charge in [-0.15, -0.1) is 11.3 Å². The summed E-state index contributed by atoms with van der Waals surface area (Å²) < 4.78 is 45.9. The van der Waals surface area contributed by atoms with Crippen LogP contribution in [0.1, 0.15) is 23.1 Å². The van der Waals surface area contributed by atoms with Gasteiger partial charge in [0.1, 0.15) is 17.4 Å². The minimum absolute atomic E-state index is 0.0577. The molecule has 4 aromatic rings. The number of aryl methyl sites for hydroxylation is 1. The van der Waals surface area contributed by atoms with E-state index in [0.29, 0.717) is 29.3 Å². The molecule has 1 aromatic heterocycles. The number of ether oxygens (including phenoxy) is 1. The topological polar surface area (TPSA) is 59.4 Å². The Morgan fingerprint density at radius 3 is 2.48 bits per heavy atom. The quantitative estimate of drug-likeness (QED) is 0.269. The third kappa shape index (κ3) is 5.72. The molecule has 0 amide bonds. The largest absolute Gasteiger partial charge is 0.489 e. The SMILES string of the molecule is O=C(O)CCc1ccc(OCc2ccc3nc(-c4ccc(C(F)(F)F)cc4)sc3c2)cc1Br. The summed E-state index contributed by atoms with van der Waals surface area (Å²) in [7, 11) is 0. The number of halogens is 4. The van der Waals surface area contributed by atoms with E-state index in [0.717, 1.165) is 37.9 Å². The van der Waals surface area contributed by atoms with Crippen molar-refractivity contribution < 1.29 is 27.8 Å². The normalized spacial score (nSPS) is 11.6. The second kappa shape index (κ2) is 9.52. The van der Waals surface area contributed by atoms with Gasteiger partial charge in [0.2, 0.25) is 0 Å². The zero-order valence-electron chi connectivity index (χ0n) is 17.0. The van der Waals surface area contributed by atoms with Gasteiger partial charge in [-0.3, -0.25) is 4.79 Å². The molecule has 1 heterocycles. The number of hydrogen-bond donors (Lipinski definition) is 1. The molecule has 0 aliphatic rings. The van der Waals surface area contributed by atoms with Crippen LogP contribution in [0.3, 0.4) is 0 Å². The van der Waals surface area contributed by atoms with Gasteiger partial charge in [-0.1, -0.05) is 40.2 Å². The van der Waals surface area contributed by atoms with Gasteiger partial charge in [0.05, 0.1) is 15.8 Å². The summed E-state index contributed by atoms with van der Waals surface area (Å²) in [6.07, 6.45) is -3.88. The van der Waals surface area contributed by atoms with Crippen molar-refractivity contribution in [1.82, 2.24) is 4.98 Å². The summed E-state index contributed by atoms with van der Waals surface area (Å²) in [5, 5.41) is 9.48. The van der Waals surface area contributed by atoms with Gasteiger partial charge in [0.15, 0.2) is 0 Å². The summed E-state index contributed by atoms with van der Waals surface area (Å²) in [6, 6.07) is 16.2. The van der Waals surface area contributed by atoms with E-state index in [9.17, 15) is 18.0 Å². The number of thiazole rings is 1. The summed E-state index contributed by atoms with van der Waals surface area (Å²) in [5.74, 6) is -0.196. The molecule has 0 fully saturated rings. The Labute approximate surface area is 199 Å². The summed E-state index contributed by atoms with van der Waals surface area (Å²) in [5.41, 5.74) is 2.54. The Kier molecular flexibility index (Phi) is 6.71. The second-order valence-corrected chi connectivity index (χ2v) is 9.22. The number of carboxylic acids is 1. The lowest BCUT2D eigenvalue weighted by Gasteiger charge is -2.09. The van der Waals surface area contributed by atoms with E-state index in [1.54, 1.807) is 6.07 Å². The summed E-state index contributed by atoms with van der Waals surface area (Å²) in [4.78, 5) is 15.3. The van der Waals surface area contributed by atoms with Gasteiger partial charge >= 0.3 is 12.1 Å². The number of alkyl halides is 3. The third-order valence-corrected chi connectivity index (χ3v) is 6.76. The van der Waals surface area contributed by atoms with Crippen LogP contribution < -0.4 is 4.74 Å². The lowest BCUT2D eigenvalue weighted by Crippen LogP contribution is -2.03. The zero-order chi connectivity index (χ0) is 23.6. The lowest BCUT2D eigenvalue weighted by atomic mass is 10.1. The minimum atomic E-state index is -4.37. The average molecular weight is 536 g/mol. The van der Waals surface area contributed by atoms with E-state index in [-0.39, 0.29) is 6.42 Å². The first-order valence-electron chi connectivity index (χ1n) is 9.89. The van der Waals surface area contributed by atoms with E-state index in [1.807, 2.05) is 30.3 Å². The Morgan fingerprint density at radius 2 is 1.82 bits per heavy atom. The number of benzene rings is 3. The maximum Gasteiger partial charge on any atom is 0.416 e. The first kappa shape index (κ1) is 23.3. The first-order valence-corrected chi connectivity index (χ1v) is 11.5. The van der Waals surface area contributed by atoms with Crippen molar-refractivity contribution in [2.75, 3.05) is 0 Å². The monoisotopic (exact) mass is 535 g/mol. The lowest BCUT2D eigenvalue weighted by molar-refractivity contribution is -0.138. The Hall–Kier alpha value is -2.91. The number of fused-ring (bicyclic) bond motifs is 1. The van der Waals surface area contributed by atoms with Crippen LogP contribution in [0.4, 0.5) is 13.2 Å². The van der Waals surface area contributed by atoms with Crippen LogP contribution >= 0.6 is 27.3 Å². The molecule has 4 nitrogen and oxygen atoms in total. The maximum absolute atomic E-state index is 12.8. The molecule has 0 aliphatic carbocycles. The molecule has 0 aliphatic heterocycles. The van der Waals surface area contributed by atoms with Crippen molar-refractivity contribution in [3.63, 3.8) is 0 Å². The molecular formula is C24H17BrF3NO3S. The molecule has 0 saturated carbocycles. The Bertz CT molecular complexity index is 1300. The fourth-order valence-electron chi connectivity index (χ4n) is 3.21. The highest BCUT2D eigenvalue weighted by molar-refractivity contribution is 9.10. The molecule has 0 spiro atoms. The highest BCUT2D eigenvalue weighted by Gasteiger charge is 2.30. The maximum atomic E-state index is 12.8. The second-order valence-electron chi connectivity index (χ2n) is 7.33. The van der Waals surface area contributed by atoms with Gasteiger partial charge in [-0.25, -0.2) is 4.98 Å². The van der Waals surface area contributed by atoms with Gasteiger partial charge in [-0.2, -0.15) is 13.2 Å². The van der Waals surface area contributed by atoms with E-state index < -0.39 is 17.7 Å². The molecule has 3 aromatic carbocycles. The van der Waals surface area contributed by atoms with Crippen LogP contribution in [0, 0.1) is 0 Å². The van der Waals surface area contributed by atoms with Gasteiger partial charge < -0.3 is 9.84 Å². The van der Waals surface area contributed by atoms with Crippen LogP contribution in [0.25, 0.3) is 20.8 Å². The summed E-state index contributed by atoms with van der Waals surface area (Å²) >= 11 is 4.86. The Morgan fingerprint density at radius 1 is 1.06 bits per heavy atom. The number of hydrogen-bond acceptors (Lipinski definition) is 4. The van der Waals surface area contributed by atoms with Crippen LogP contribution in [-0.4, -0.2) is 16.1 Å². The smallest absolute Gasteiger partial charge is 0.416 e. The number of carbonyl (C=O) groups is 1. The molecule has 1 N–H and O–H groups in total. The standard InChI is InChI=1S/C24H17BrF3NO3S/c25-19-12-18(8-4-15(19)5-10-22(30)31)32-13-14-1-9-20-21(11-14)33-23(29-20)16-2-6-17(7-3-16)24(26,27)28/h1-4,6-9,11-12H,5,10,13H2,(H,30,31). The number of aliphatic carboxylic acids is 1. The minimum Gasteiger partial charge on any atom is -0.489 e. The molecule has 9 heteroatoms. The summed E-state index contributed by atoms with van der Waals surface area (Å²) in [6.45, 7) is 0.324. The molecular weight excluding hydrogens is 519 g/mol. The van der Waals surface area contributed by atoms with Crippen LogP contribution in [0.15, 0.2) is 65.1 Å². The predicted molar refractivity (Wildman–Crippen MR) is 124 cm³/mol. The molecule has 33 heavy (non-hydrogen) atoms. The highest BCUT2D eigenvalue weighted by atomic mass is 79.9. The predicted octanol–water partition coefficient (Wildman–Crippen LogP) is 7.34. The van der Waals surface area contributed by atoms with Crippen molar-refractivity contribution in [3.05, 3.63) is 81.8 Å². The zero-order valence-corrected chi connectivity index (χ0v) is 19.4.